The molecule has 0 heterocycles. The zero-order valence-corrected chi connectivity index (χ0v) is 18.0. The van der Waals surface area contributed by atoms with Crippen LogP contribution in [0.4, 0.5) is 0 Å². The van der Waals surface area contributed by atoms with E-state index < -0.39 is 0 Å². The van der Waals surface area contributed by atoms with Crippen molar-refractivity contribution < 1.29 is 9.59 Å². The lowest BCUT2D eigenvalue weighted by Crippen LogP contribution is -2.18. The van der Waals surface area contributed by atoms with E-state index >= 15 is 0 Å². The molecule has 4 aromatic rings. The molecule has 0 N–H and O–H groups in total. The van der Waals surface area contributed by atoms with Crippen LogP contribution in [0.5, 0.6) is 0 Å². The van der Waals surface area contributed by atoms with Crippen molar-refractivity contribution in [3.05, 3.63) is 144 Å². The van der Waals surface area contributed by atoms with Gasteiger partial charge in [-0.3, -0.25) is 19.6 Å². The highest BCUT2D eigenvalue weighted by atomic mass is 16.1. The maximum absolute atomic E-state index is 13.2. The summed E-state index contributed by atoms with van der Waals surface area (Å²) in [6.07, 6.45) is 0. The van der Waals surface area contributed by atoms with Gasteiger partial charge in [-0.2, -0.15) is 0 Å². The summed E-state index contributed by atoms with van der Waals surface area (Å²) in [5.74, 6) is -0.375. The predicted molar refractivity (Wildman–Crippen MR) is 132 cm³/mol. The van der Waals surface area contributed by atoms with Crippen molar-refractivity contribution in [3.8, 4) is 0 Å². The average Bonchev–Trinajstić information content (AvgIpc) is 2.90. The standard InChI is InChI=1S/C29H22N2O2/c32-28(24-17-9-3-10-18-24)26(22-13-5-1-6-14-22)30-21-31-27(23-15-7-2-8-16-23)29(33)25-19-11-4-12-20-25/h1-20H,21H2/b30-26+,31-27+. The SMILES string of the molecule is O=C(/C(=N/C/N=C(/C(=O)c1ccccc1)c1ccccc1)c1ccccc1)c1ccccc1. The minimum Gasteiger partial charge on any atom is -0.287 e. The van der Waals surface area contributed by atoms with Gasteiger partial charge in [0.2, 0.25) is 11.6 Å². The maximum Gasteiger partial charge on any atom is 0.211 e. The van der Waals surface area contributed by atoms with Crippen LogP contribution in [0.25, 0.3) is 0 Å². The lowest BCUT2D eigenvalue weighted by Gasteiger charge is -2.08. The molecule has 4 rings (SSSR count). The van der Waals surface area contributed by atoms with Gasteiger partial charge in [0.1, 0.15) is 18.1 Å². The normalized spacial score (nSPS) is 11.8. The Morgan fingerprint density at radius 2 is 0.697 bits per heavy atom. The Morgan fingerprint density at radius 1 is 0.424 bits per heavy atom. The summed E-state index contributed by atoms with van der Waals surface area (Å²) >= 11 is 0. The zero-order chi connectivity index (χ0) is 22.9. The molecule has 0 radical (unpaired) electrons. The number of carbonyl (C=O) groups excluding carboxylic acids is 2. The summed E-state index contributed by atoms with van der Waals surface area (Å²) in [5, 5.41) is 0. The highest BCUT2D eigenvalue weighted by Crippen LogP contribution is 2.12. The van der Waals surface area contributed by atoms with Gasteiger partial charge >= 0.3 is 0 Å². The Morgan fingerprint density at radius 3 is 1.00 bits per heavy atom. The first-order valence-electron chi connectivity index (χ1n) is 10.6. The Kier molecular flexibility index (Phi) is 7.08. The highest BCUT2D eigenvalue weighted by Gasteiger charge is 2.17. The number of aliphatic imine (C=N–C) groups is 2. The molecule has 0 aromatic heterocycles. The van der Waals surface area contributed by atoms with Gasteiger partial charge in [0.05, 0.1) is 0 Å². The van der Waals surface area contributed by atoms with Gasteiger partial charge in [0, 0.05) is 22.3 Å². The second-order valence-electron chi connectivity index (χ2n) is 7.28. The van der Waals surface area contributed by atoms with Gasteiger partial charge in [-0.05, 0) is 0 Å². The first-order valence-corrected chi connectivity index (χ1v) is 10.6. The molecule has 0 aliphatic heterocycles. The van der Waals surface area contributed by atoms with E-state index in [4.69, 9.17) is 0 Å². The van der Waals surface area contributed by atoms with Crippen LogP contribution in [0, 0.1) is 0 Å². The van der Waals surface area contributed by atoms with Crippen LogP contribution in [-0.2, 0) is 0 Å². The molecule has 4 aromatic carbocycles. The van der Waals surface area contributed by atoms with Crippen LogP contribution in [0.3, 0.4) is 0 Å². The Hall–Kier alpha value is -4.44. The van der Waals surface area contributed by atoms with Gasteiger partial charge < -0.3 is 0 Å². The third kappa shape index (κ3) is 5.43. The zero-order valence-electron chi connectivity index (χ0n) is 18.0. The van der Waals surface area contributed by atoms with Gasteiger partial charge in [0.25, 0.3) is 0 Å². The Labute approximate surface area is 193 Å². The quantitative estimate of drug-likeness (QED) is 0.266. The van der Waals surface area contributed by atoms with E-state index in [0.717, 1.165) is 0 Å². The third-order valence-corrected chi connectivity index (χ3v) is 5.05. The first-order chi connectivity index (χ1) is 16.2. The molecule has 160 valence electrons. The third-order valence-electron chi connectivity index (χ3n) is 5.05. The molecule has 0 fully saturated rings. The number of hydrogen-bond donors (Lipinski definition) is 0. The lowest BCUT2D eigenvalue weighted by atomic mass is 10.0. The number of nitrogens with zero attached hydrogens (tertiary/aromatic N) is 2. The number of carbonyl (C=O) groups is 2. The maximum atomic E-state index is 13.2. The number of hydrogen-bond acceptors (Lipinski definition) is 4. The van der Waals surface area contributed by atoms with Crippen molar-refractivity contribution in [2.24, 2.45) is 9.98 Å². The number of rotatable bonds is 8. The second-order valence-corrected chi connectivity index (χ2v) is 7.28. The molecule has 0 saturated carbocycles. The van der Waals surface area contributed by atoms with Crippen LogP contribution in [0.1, 0.15) is 31.8 Å². The average molecular weight is 431 g/mol. The molecule has 0 aliphatic carbocycles. The molecule has 0 unspecified atom stereocenters. The van der Waals surface area contributed by atoms with Crippen molar-refractivity contribution >= 4 is 23.0 Å². The number of benzene rings is 4. The second kappa shape index (κ2) is 10.7. The molecule has 0 amide bonds. The van der Waals surface area contributed by atoms with Crippen LogP contribution in [0.2, 0.25) is 0 Å². The fraction of sp³-hybridized carbons (Fsp3) is 0.0345. The first kappa shape index (κ1) is 21.8. The summed E-state index contributed by atoms with van der Waals surface area (Å²) < 4.78 is 0. The van der Waals surface area contributed by atoms with Crippen LogP contribution < -0.4 is 0 Å². The molecular formula is C29H22N2O2. The van der Waals surface area contributed by atoms with Gasteiger partial charge in [-0.25, -0.2) is 0 Å². The number of Topliss-reactive ketones (excluding diaryl/α,β-unsaturated/α-hetero) is 2. The Balaban J connectivity index is 1.72. The molecule has 0 spiro atoms. The predicted octanol–water partition coefficient (Wildman–Crippen LogP) is 5.69. The van der Waals surface area contributed by atoms with Crippen LogP contribution >= 0.6 is 0 Å². The highest BCUT2D eigenvalue weighted by molar-refractivity contribution is 6.52. The van der Waals surface area contributed by atoms with Crippen molar-refractivity contribution in [2.75, 3.05) is 6.67 Å². The molecule has 33 heavy (non-hydrogen) atoms. The minimum atomic E-state index is -0.187. The molecule has 0 atom stereocenters. The monoisotopic (exact) mass is 430 g/mol. The van der Waals surface area contributed by atoms with Crippen molar-refractivity contribution in [1.82, 2.24) is 0 Å². The largest absolute Gasteiger partial charge is 0.287 e. The van der Waals surface area contributed by atoms with E-state index in [0.29, 0.717) is 33.7 Å². The summed E-state index contributed by atoms with van der Waals surface area (Å²) in [6.45, 7) is -0.0500. The van der Waals surface area contributed by atoms with Crippen molar-refractivity contribution in [1.29, 1.82) is 0 Å². The summed E-state index contributed by atoms with van der Waals surface area (Å²) in [5.41, 5.74) is 3.13. The van der Waals surface area contributed by atoms with Gasteiger partial charge in [-0.1, -0.05) is 121 Å². The van der Waals surface area contributed by atoms with Crippen LogP contribution in [0.15, 0.2) is 131 Å². The fourth-order valence-electron chi connectivity index (χ4n) is 3.41. The Bertz CT molecular complexity index is 1180. The van der Waals surface area contributed by atoms with E-state index in [1.165, 1.54) is 0 Å². The topological polar surface area (TPSA) is 58.9 Å². The van der Waals surface area contributed by atoms with E-state index in [2.05, 4.69) is 9.98 Å². The molecule has 0 saturated heterocycles. The molecule has 4 nitrogen and oxygen atoms in total. The van der Waals surface area contributed by atoms with Crippen LogP contribution in [-0.4, -0.2) is 29.7 Å². The summed E-state index contributed by atoms with van der Waals surface area (Å²) in [6, 6.07) is 36.6. The molecule has 0 aliphatic rings. The van der Waals surface area contributed by atoms with Gasteiger partial charge in [0.15, 0.2) is 0 Å². The summed E-state index contributed by atoms with van der Waals surface area (Å²) in [4.78, 5) is 35.5. The number of ketones is 2. The van der Waals surface area contributed by atoms with Gasteiger partial charge in [-0.15, -0.1) is 0 Å². The van der Waals surface area contributed by atoms with Crippen molar-refractivity contribution in [3.63, 3.8) is 0 Å². The smallest absolute Gasteiger partial charge is 0.211 e. The summed E-state index contributed by atoms with van der Waals surface area (Å²) in [7, 11) is 0. The fourth-order valence-corrected chi connectivity index (χ4v) is 3.41. The van der Waals surface area contributed by atoms with E-state index in [1.807, 2.05) is 97.1 Å². The molecule has 4 heteroatoms. The lowest BCUT2D eigenvalue weighted by molar-refractivity contribution is 0.105. The molecule has 0 bridgehead atoms. The van der Waals surface area contributed by atoms with E-state index in [-0.39, 0.29) is 18.2 Å². The van der Waals surface area contributed by atoms with E-state index in [1.54, 1.807) is 24.3 Å². The molecular weight excluding hydrogens is 408 g/mol. The van der Waals surface area contributed by atoms with Crippen molar-refractivity contribution in [2.45, 2.75) is 0 Å². The van der Waals surface area contributed by atoms with E-state index in [9.17, 15) is 9.59 Å². The minimum absolute atomic E-state index is 0.0500.